The van der Waals surface area contributed by atoms with Crippen LogP contribution in [0.1, 0.15) is 36.1 Å². The molecule has 1 amide bonds. The molecule has 2 aliphatic heterocycles. The molecule has 1 N–H and O–H groups in total. The highest BCUT2D eigenvalue weighted by Crippen LogP contribution is 2.25. The number of aromatic nitrogens is 2. The molecule has 1 atom stereocenters. The predicted octanol–water partition coefficient (Wildman–Crippen LogP) is 1.68. The first kappa shape index (κ1) is 18.7. The van der Waals surface area contributed by atoms with Gasteiger partial charge >= 0.3 is 0 Å². The highest BCUT2D eigenvalue weighted by molar-refractivity contribution is 5.84. The van der Waals surface area contributed by atoms with Gasteiger partial charge < -0.3 is 14.5 Å². The number of anilines is 1. The lowest BCUT2D eigenvalue weighted by Crippen LogP contribution is -2.43. The summed E-state index contributed by atoms with van der Waals surface area (Å²) in [5.74, 6) is 0.522. The lowest BCUT2D eigenvalue weighted by atomic mass is 9.94. The Hall–Kier alpha value is -2.67. The molecule has 7 heteroatoms. The third-order valence-electron chi connectivity index (χ3n) is 5.59. The summed E-state index contributed by atoms with van der Waals surface area (Å²) < 4.78 is 5.38. The number of rotatable bonds is 4. The molecule has 148 valence electrons. The third kappa shape index (κ3) is 3.67. The maximum Gasteiger partial charge on any atom is 0.255 e. The maximum atomic E-state index is 13.2. The van der Waals surface area contributed by atoms with Crippen LogP contribution in [0.3, 0.4) is 0 Å². The average Bonchev–Trinajstić information content (AvgIpc) is 2.75. The van der Waals surface area contributed by atoms with E-state index < -0.39 is 0 Å². The van der Waals surface area contributed by atoms with Gasteiger partial charge in [0, 0.05) is 25.2 Å². The summed E-state index contributed by atoms with van der Waals surface area (Å²) in [4.78, 5) is 37.3. The number of hydrogen-bond acceptors (Lipinski definition) is 5. The summed E-state index contributed by atoms with van der Waals surface area (Å²) in [5.41, 5.74) is 2.36. The zero-order chi connectivity index (χ0) is 19.5. The second-order valence-corrected chi connectivity index (χ2v) is 7.30. The van der Waals surface area contributed by atoms with Crippen LogP contribution >= 0.6 is 0 Å². The molecule has 0 aliphatic carbocycles. The molecule has 4 rings (SSSR count). The molecule has 7 nitrogen and oxygen atoms in total. The Kier molecular flexibility index (Phi) is 5.43. The van der Waals surface area contributed by atoms with Crippen LogP contribution < -0.4 is 10.5 Å². The van der Waals surface area contributed by atoms with Gasteiger partial charge in [-0.2, -0.15) is 0 Å². The van der Waals surface area contributed by atoms with Gasteiger partial charge in [0.25, 0.3) is 5.56 Å². The number of nitrogens with one attached hydrogen (secondary N) is 1. The van der Waals surface area contributed by atoms with Crippen molar-refractivity contribution >= 4 is 11.9 Å². The number of fused-ring (bicyclic) bond motifs is 1. The van der Waals surface area contributed by atoms with Gasteiger partial charge in [-0.25, -0.2) is 4.98 Å². The minimum absolute atomic E-state index is 0.0892. The van der Waals surface area contributed by atoms with Crippen molar-refractivity contribution < 1.29 is 9.53 Å². The highest BCUT2D eigenvalue weighted by Gasteiger charge is 2.29. The first-order valence-electron chi connectivity index (χ1n) is 9.96. The quantitative estimate of drug-likeness (QED) is 0.871. The predicted molar refractivity (Wildman–Crippen MR) is 106 cm³/mol. The molecule has 2 aromatic rings. The number of amides is 1. The summed E-state index contributed by atoms with van der Waals surface area (Å²) in [6.45, 7) is 5.64. The van der Waals surface area contributed by atoms with Crippen LogP contribution in [0.4, 0.5) is 5.95 Å². The standard InChI is InChI=1S/C21H26N4O3/c1-2-16(15-6-4-3-5-7-15)20(27)25-9-8-17-18(14-25)22-21(23-19(17)26)24-10-12-28-13-11-24/h3-7,16H,2,8-14H2,1H3,(H,22,23,26). The van der Waals surface area contributed by atoms with E-state index in [1.165, 1.54) is 0 Å². The average molecular weight is 382 g/mol. The fraction of sp³-hybridized carbons (Fsp3) is 0.476. The third-order valence-corrected chi connectivity index (χ3v) is 5.59. The number of hydrogen-bond donors (Lipinski definition) is 1. The first-order chi connectivity index (χ1) is 13.7. The van der Waals surface area contributed by atoms with Gasteiger partial charge in [0.05, 0.1) is 31.4 Å². The molecule has 0 saturated carbocycles. The van der Waals surface area contributed by atoms with E-state index in [0.29, 0.717) is 63.0 Å². The minimum atomic E-state index is -0.163. The van der Waals surface area contributed by atoms with E-state index in [-0.39, 0.29) is 17.4 Å². The van der Waals surface area contributed by atoms with E-state index in [1.807, 2.05) is 47.1 Å². The molecule has 1 aromatic carbocycles. The lowest BCUT2D eigenvalue weighted by molar-refractivity contribution is -0.133. The summed E-state index contributed by atoms with van der Waals surface area (Å²) in [6, 6.07) is 9.90. The van der Waals surface area contributed by atoms with Gasteiger partial charge in [-0.3, -0.25) is 14.6 Å². The zero-order valence-electron chi connectivity index (χ0n) is 16.2. The van der Waals surface area contributed by atoms with Crippen molar-refractivity contribution in [2.24, 2.45) is 0 Å². The van der Waals surface area contributed by atoms with Crippen LogP contribution in [0.5, 0.6) is 0 Å². The molecule has 1 saturated heterocycles. The summed E-state index contributed by atoms with van der Waals surface area (Å²) >= 11 is 0. The maximum absolute atomic E-state index is 13.2. The number of benzene rings is 1. The van der Waals surface area contributed by atoms with Crippen molar-refractivity contribution in [3.63, 3.8) is 0 Å². The zero-order valence-corrected chi connectivity index (χ0v) is 16.2. The number of carbonyl (C=O) groups is 1. The number of carbonyl (C=O) groups excluding carboxylic acids is 1. The van der Waals surface area contributed by atoms with Gasteiger partial charge in [0.15, 0.2) is 0 Å². The van der Waals surface area contributed by atoms with E-state index in [0.717, 1.165) is 12.0 Å². The Morgan fingerprint density at radius 2 is 1.96 bits per heavy atom. The molecular weight excluding hydrogens is 356 g/mol. The van der Waals surface area contributed by atoms with Crippen molar-refractivity contribution in [1.29, 1.82) is 0 Å². The number of H-pyrrole nitrogens is 1. The van der Waals surface area contributed by atoms with E-state index in [2.05, 4.69) is 4.98 Å². The SMILES string of the molecule is CCC(C(=O)N1CCc2c(nc(N3CCOCC3)[nH]c2=O)C1)c1ccccc1. The molecule has 28 heavy (non-hydrogen) atoms. The fourth-order valence-corrected chi connectivity index (χ4v) is 4.00. The van der Waals surface area contributed by atoms with Gasteiger partial charge in [-0.05, 0) is 18.4 Å². The fourth-order valence-electron chi connectivity index (χ4n) is 4.00. The Labute approximate surface area is 164 Å². The van der Waals surface area contributed by atoms with Crippen LogP contribution in [0.2, 0.25) is 0 Å². The molecule has 0 spiro atoms. The normalized spacial score (nSPS) is 17.9. The molecule has 2 aliphatic rings. The topological polar surface area (TPSA) is 78.5 Å². The molecule has 0 bridgehead atoms. The monoisotopic (exact) mass is 382 g/mol. The molecule has 1 aromatic heterocycles. The Bertz CT molecular complexity index is 890. The number of nitrogens with zero attached hydrogens (tertiary/aromatic N) is 3. The molecular formula is C21H26N4O3. The number of ether oxygens (including phenoxy) is 1. The molecule has 1 unspecified atom stereocenters. The van der Waals surface area contributed by atoms with Crippen molar-refractivity contribution in [2.75, 3.05) is 37.7 Å². The van der Waals surface area contributed by atoms with E-state index in [4.69, 9.17) is 9.72 Å². The van der Waals surface area contributed by atoms with Crippen molar-refractivity contribution in [3.05, 3.63) is 57.5 Å². The van der Waals surface area contributed by atoms with Gasteiger partial charge in [-0.1, -0.05) is 37.3 Å². The summed E-state index contributed by atoms with van der Waals surface area (Å²) in [6.07, 6.45) is 1.28. The largest absolute Gasteiger partial charge is 0.378 e. The highest BCUT2D eigenvalue weighted by atomic mass is 16.5. The lowest BCUT2D eigenvalue weighted by Gasteiger charge is -2.32. The molecule has 0 radical (unpaired) electrons. The van der Waals surface area contributed by atoms with Crippen molar-refractivity contribution in [2.45, 2.75) is 32.2 Å². The van der Waals surface area contributed by atoms with Crippen LogP contribution in [-0.2, 0) is 22.5 Å². The number of morpholine rings is 1. The van der Waals surface area contributed by atoms with Gasteiger partial charge in [-0.15, -0.1) is 0 Å². The van der Waals surface area contributed by atoms with E-state index in [1.54, 1.807) is 0 Å². The molecule has 3 heterocycles. The summed E-state index contributed by atoms with van der Waals surface area (Å²) in [5, 5.41) is 0. The van der Waals surface area contributed by atoms with Crippen LogP contribution in [0.15, 0.2) is 35.1 Å². The second kappa shape index (κ2) is 8.14. The second-order valence-electron chi connectivity index (χ2n) is 7.30. The van der Waals surface area contributed by atoms with Crippen LogP contribution in [0, 0.1) is 0 Å². The van der Waals surface area contributed by atoms with Crippen molar-refractivity contribution in [1.82, 2.24) is 14.9 Å². The first-order valence-corrected chi connectivity index (χ1v) is 9.96. The smallest absolute Gasteiger partial charge is 0.255 e. The molecule has 1 fully saturated rings. The Morgan fingerprint density at radius 1 is 1.21 bits per heavy atom. The van der Waals surface area contributed by atoms with Gasteiger partial charge in [0.2, 0.25) is 11.9 Å². The summed E-state index contributed by atoms with van der Waals surface area (Å²) in [7, 11) is 0. The van der Waals surface area contributed by atoms with E-state index in [9.17, 15) is 9.59 Å². The van der Waals surface area contributed by atoms with Crippen LogP contribution in [0.25, 0.3) is 0 Å². The minimum Gasteiger partial charge on any atom is -0.378 e. The van der Waals surface area contributed by atoms with Crippen molar-refractivity contribution in [3.8, 4) is 0 Å². The van der Waals surface area contributed by atoms with E-state index >= 15 is 0 Å². The van der Waals surface area contributed by atoms with Crippen LogP contribution in [-0.4, -0.2) is 53.6 Å². The number of aromatic amines is 1. The van der Waals surface area contributed by atoms with Gasteiger partial charge in [0.1, 0.15) is 0 Å². The Morgan fingerprint density at radius 3 is 2.68 bits per heavy atom. The Balaban J connectivity index is 1.57.